The first-order valence-electron chi connectivity index (χ1n) is 5.85. The van der Waals surface area contributed by atoms with Gasteiger partial charge in [-0.15, -0.1) is 0 Å². The normalized spacial score (nSPS) is 12.2. The minimum atomic E-state index is -0.389. The lowest BCUT2D eigenvalue weighted by Crippen LogP contribution is -2.12. The fourth-order valence-electron chi connectivity index (χ4n) is 1.61. The summed E-state index contributed by atoms with van der Waals surface area (Å²) >= 11 is 3.29. The minimum Gasteiger partial charge on any atom is -0.453 e. The van der Waals surface area contributed by atoms with Gasteiger partial charge in [0.15, 0.2) is 11.6 Å². The molecule has 1 aromatic heterocycles. The van der Waals surface area contributed by atoms with Crippen molar-refractivity contribution in [2.45, 2.75) is 13.0 Å². The van der Waals surface area contributed by atoms with E-state index >= 15 is 0 Å². The van der Waals surface area contributed by atoms with Crippen LogP contribution in [0.15, 0.2) is 41.1 Å². The van der Waals surface area contributed by atoms with Crippen LogP contribution < -0.4 is 10.1 Å². The topological polar surface area (TPSA) is 34.1 Å². The van der Waals surface area contributed by atoms with Crippen molar-refractivity contribution in [2.75, 3.05) is 7.05 Å². The van der Waals surface area contributed by atoms with Gasteiger partial charge in [-0.2, -0.15) is 0 Å². The van der Waals surface area contributed by atoms with Crippen LogP contribution >= 0.6 is 15.9 Å². The van der Waals surface area contributed by atoms with Crippen LogP contribution in [0.5, 0.6) is 11.5 Å². The Labute approximate surface area is 119 Å². The van der Waals surface area contributed by atoms with Crippen LogP contribution in [0.2, 0.25) is 0 Å². The molecule has 19 heavy (non-hydrogen) atoms. The van der Waals surface area contributed by atoms with E-state index in [0.717, 1.165) is 10.0 Å². The van der Waals surface area contributed by atoms with Crippen molar-refractivity contribution >= 4 is 15.9 Å². The molecule has 5 heteroatoms. The molecule has 3 nitrogen and oxygen atoms in total. The van der Waals surface area contributed by atoms with Gasteiger partial charge in [-0.1, -0.05) is 6.07 Å². The third-order valence-electron chi connectivity index (χ3n) is 2.80. The molecule has 1 N–H and O–H groups in total. The Balaban J connectivity index is 2.22. The molecule has 1 heterocycles. The summed E-state index contributed by atoms with van der Waals surface area (Å²) < 4.78 is 20.2. The first-order valence-corrected chi connectivity index (χ1v) is 6.64. The van der Waals surface area contributed by atoms with Gasteiger partial charge in [0.05, 0.1) is 6.20 Å². The number of nitrogens with one attached hydrogen (secondary N) is 1. The summed E-state index contributed by atoms with van der Waals surface area (Å²) in [6.45, 7) is 1.97. The maximum absolute atomic E-state index is 13.9. The maximum Gasteiger partial charge on any atom is 0.166 e. The molecule has 1 unspecified atom stereocenters. The molecule has 0 saturated carbocycles. The molecular weight excluding hydrogens is 311 g/mol. The van der Waals surface area contributed by atoms with Gasteiger partial charge < -0.3 is 10.1 Å². The van der Waals surface area contributed by atoms with E-state index in [0.29, 0.717) is 5.75 Å². The second kappa shape index (κ2) is 6.12. The third kappa shape index (κ3) is 3.52. The molecule has 0 amide bonds. The summed E-state index contributed by atoms with van der Waals surface area (Å²) in [5.41, 5.74) is 0.875. The highest BCUT2D eigenvalue weighted by molar-refractivity contribution is 9.10. The summed E-state index contributed by atoms with van der Waals surface area (Å²) in [6, 6.07) is 6.76. The third-order valence-corrected chi connectivity index (χ3v) is 3.23. The summed E-state index contributed by atoms with van der Waals surface area (Å²) in [7, 11) is 1.83. The zero-order valence-corrected chi connectivity index (χ0v) is 12.2. The molecule has 0 bridgehead atoms. The predicted octanol–water partition coefficient (Wildman–Crippen LogP) is 4.06. The van der Waals surface area contributed by atoms with Crippen molar-refractivity contribution in [1.82, 2.24) is 10.3 Å². The standard InChI is InChI=1S/C14H14BrFN2O/c1-9(17-2)10-3-4-14(13(16)5-10)19-12-6-11(15)7-18-8-12/h3-9,17H,1-2H3. The van der Waals surface area contributed by atoms with Gasteiger partial charge in [0, 0.05) is 16.7 Å². The molecule has 0 aliphatic heterocycles. The molecular formula is C14H14BrFN2O. The number of benzene rings is 1. The Kier molecular flexibility index (Phi) is 4.50. The number of halogens is 2. The van der Waals surface area contributed by atoms with Gasteiger partial charge in [0.25, 0.3) is 0 Å². The second-order valence-corrected chi connectivity index (χ2v) is 5.06. The minimum absolute atomic E-state index is 0.0936. The molecule has 0 radical (unpaired) electrons. The van der Waals surface area contributed by atoms with Crippen LogP contribution in [0.4, 0.5) is 4.39 Å². The summed E-state index contributed by atoms with van der Waals surface area (Å²) in [5.74, 6) is 0.286. The number of nitrogens with zero attached hydrogens (tertiary/aromatic N) is 1. The number of pyridine rings is 1. The van der Waals surface area contributed by atoms with Crippen molar-refractivity contribution in [3.05, 3.63) is 52.5 Å². The van der Waals surface area contributed by atoms with Crippen LogP contribution in [0.3, 0.4) is 0 Å². The fourth-order valence-corrected chi connectivity index (χ4v) is 1.95. The molecule has 2 aromatic rings. The highest BCUT2D eigenvalue weighted by Crippen LogP contribution is 2.27. The second-order valence-electron chi connectivity index (χ2n) is 4.14. The molecule has 2 rings (SSSR count). The zero-order valence-electron chi connectivity index (χ0n) is 10.7. The average Bonchev–Trinajstić information content (AvgIpc) is 2.40. The summed E-state index contributed by atoms with van der Waals surface area (Å²) in [6.07, 6.45) is 3.18. The predicted molar refractivity (Wildman–Crippen MR) is 75.9 cm³/mol. The quantitative estimate of drug-likeness (QED) is 0.921. The van der Waals surface area contributed by atoms with E-state index < -0.39 is 0 Å². The molecule has 0 saturated heterocycles. The van der Waals surface area contributed by atoms with E-state index in [1.807, 2.05) is 20.0 Å². The number of hydrogen-bond donors (Lipinski definition) is 1. The first-order chi connectivity index (χ1) is 9.10. The molecule has 0 aliphatic rings. The smallest absolute Gasteiger partial charge is 0.166 e. The van der Waals surface area contributed by atoms with Gasteiger partial charge >= 0.3 is 0 Å². The monoisotopic (exact) mass is 324 g/mol. The maximum atomic E-state index is 13.9. The number of hydrogen-bond acceptors (Lipinski definition) is 3. The van der Waals surface area contributed by atoms with E-state index in [1.165, 1.54) is 12.3 Å². The molecule has 1 atom stereocenters. The Bertz CT molecular complexity index is 577. The largest absolute Gasteiger partial charge is 0.453 e. The van der Waals surface area contributed by atoms with Crippen LogP contribution in [0.1, 0.15) is 18.5 Å². The lowest BCUT2D eigenvalue weighted by molar-refractivity contribution is 0.439. The molecule has 0 aliphatic carbocycles. The number of ether oxygens (including phenoxy) is 1. The summed E-state index contributed by atoms with van der Waals surface area (Å²) in [4.78, 5) is 3.96. The number of rotatable bonds is 4. The van der Waals surface area contributed by atoms with Crippen molar-refractivity contribution in [3.8, 4) is 11.5 Å². The van der Waals surface area contributed by atoms with Crippen molar-refractivity contribution in [2.24, 2.45) is 0 Å². The van der Waals surface area contributed by atoms with E-state index in [2.05, 4.69) is 26.2 Å². The van der Waals surface area contributed by atoms with Gasteiger partial charge in [-0.25, -0.2) is 4.39 Å². The Morgan fingerprint density at radius 1 is 1.32 bits per heavy atom. The Hall–Kier alpha value is -1.46. The lowest BCUT2D eigenvalue weighted by Gasteiger charge is -2.12. The van der Waals surface area contributed by atoms with E-state index in [9.17, 15) is 4.39 Å². The molecule has 100 valence electrons. The Morgan fingerprint density at radius 2 is 2.11 bits per heavy atom. The van der Waals surface area contributed by atoms with Gasteiger partial charge in [-0.3, -0.25) is 4.98 Å². The highest BCUT2D eigenvalue weighted by Gasteiger charge is 2.09. The SMILES string of the molecule is CNC(C)c1ccc(Oc2cncc(Br)c2)c(F)c1. The first kappa shape index (κ1) is 14.0. The van der Waals surface area contributed by atoms with Crippen molar-refractivity contribution in [3.63, 3.8) is 0 Å². The van der Waals surface area contributed by atoms with Crippen LogP contribution in [0, 0.1) is 5.82 Å². The molecule has 1 aromatic carbocycles. The Morgan fingerprint density at radius 3 is 2.74 bits per heavy atom. The highest BCUT2D eigenvalue weighted by atomic mass is 79.9. The van der Waals surface area contributed by atoms with Gasteiger partial charge in [0.2, 0.25) is 0 Å². The van der Waals surface area contributed by atoms with Crippen molar-refractivity contribution in [1.29, 1.82) is 0 Å². The summed E-state index contributed by atoms with van der Waals surface area (Å²) in [5, 5.41) is 3.06. The fraction of sp³-hybridized carbons (Fsp3) is 0.214. The van der Waals surface area contributed by atoms with E-state index in [-0.39, 0.29) is 17.6 Å². The van der Waals surface area contributed by atoms with Gasteiger partial charge in [-0.05, 0) is 53.7 Å². The molecule has 0 fully saturated rings. The van der Waals surface area contributed by atoms with Crippen molar-refractivity contribution < 1.29 is 9.13 Å². The van der Waals surface area contributed by atoms with Crippen LogP contribution in [-0.4, -0.2) is 12.0 Å². The van der Waals surface area contributed by atoms with Gasteiger partial charge in [0.1, 0.15) is 5.75 Å². The zero-order chi connectivity index (χ0) is 13.8. The lowest BCUT2D eigenvalue weighted by atomic mass is 10.1. The number of aromatic nitrogens is 1. The van der Waals surface area contributed by atoms with Crippen LogP contribution in [-0.2, 0) is 0 Å². The van der Waals surface area contributed by atoms with E-state index in [1.54, 1.807) is 18.3 Å². The molecule has 0 spiro atoms. The average molecular weight is 325 g/mol. The van der Waals surface area contributed by atoms with Crippen LogP contribution in [0.25, 0.3) is 0 Å². The van der Waals surface area contributed by atoms with E-state index in [4.69, 9.17) is 4.74 Å².